The van der Waals surface area contributed by atoms with Crippen molar-refractivity contribution in [3.8, 4) is 11.1 Å². The highest BCUT2D eigenvalue weighted by molar-refractivity contribution is 5.85. The Bertz CT molecular complexity index is 1630. The summed E-state index contributed by atoms with van der Waals surface area (Å²) in [4.78, 5) is 30.1. The summed E-state index contributed by atoms with van der Waals surface area (Å²) in [7, 11) is 1.87. The van der Waals surface area contributed by atoms with E-state index in [0.717, 1.165) is 33.6 Å². The number of hydrogen-bond acceptors (Lipinski definition) is 8. The molecule has 0 unspecified atom stereocenters. The number of aryl methyl sites for hydroxylation is 1. The molecule has 1 fully saturated rings. The Kier molecular flexibility index (Phi) is 6.14. The van der Waals surface area contributed by atoms with Crippen molar-refractivity contribution >= 4 is 23.2 Å². The van der Waals surface area contributed by atoms with Crippen LogP contribution in [-0.4, -0.2) is 65.9 Å². The molecule has 6 rings (SSSR count). The lowest BCUT2D eigenvalue weighted by molar-refractivity contribution is -0.119. The molecule has 2 N–H and O–H groups in total. The van der Waals surface area contributed by atoms with Gasteiger partial charge in [0, 0.05) is 68.5 Å². The number of aromatic nitrogens is 7. The first-order valence-corrected chi connectivity index (χ1v) is 12.6. The second-order valence-corrected chi connectivity index (χ2v) is 9.69. The van der Waals surface area contributed by atoms with E-state index in [1.54, 1.807) is 39.9 Å². The summed E-state index contributed by atoms with van der Waals surface area (Å²) >= 11 is 0. The third-order valence-corrected chi connectivity index (χ3v) is 7.22. The molecule has 5 heterocycles. The molecule has 1 aliphatic rings. The second-order valence-electron chi connectivity index (χ2n) is 9.69. The largest absolute Gasteiger partial charge is 0.368 e. The van der Waals surface area contributed by atoms with Crippen LogP contribution in [0.1, 0.15) is 24.0 Å². The maximum atomic E-state index is 13.3. The van der Waals surface area contributed by atoms with E-state index in [1.807, 2.05) is 42.2 Å². The van der Waals surface area contributed by atoms with Gasteiger partial charge in [0.1, 0.15) is 23.7 Å². The third-order valence-electron chi connectivity index (χ3n) is 7.22. The van der Waals surface area contributed by atoms with E-state index in [-0.39, 0.29) is 11.7 Å². The maximum absolute atomic E-state index is 13.3. The number of amides is 1. The van der Waals surface area contributed by atoms with Crippen LogP contribution in [0.5, 0.6) is 0 Å². The molecule has 2 atom stereocenters. The van der Waals surface area contributed by atoms with E-state index in [2.05, 4.69) is 25.1 Å². The van der Waals surface area contributed by atoms with Crippen LogP contribution in [0.15, 0.2) is 67.6 Å². The molecule has 0 bridgehead atoms. The monoisotopic (exact) mass is 526 g/mol. The molecule has 11 nitrogen and oxygen atoms in total. The van der Waals surface area contributed by atoms with Crippen LogP contribution in [0.25, 0.3) is 16.6 Å². The van der Waals surface area contributed by atoms with E-state index in [4.69, 9.17) is 5.73 Å². The highest BCUT2D eigenvalue weighted by Crippen LogP contribution is 2.29. The molecule has 1 amide bonds. The van der Waals surface area contributed by atoms with Crippen molar-refractivity contribution in [1.82, 2.24) is 34.3 Å². The number of nitrogens with zero attached hydrogens (tertiary/aromatic N) is 9. The van der Waals surface area contributed by atoms with E-state index in [0.29, 0.717) is 25.6 Å². The minimum absolute atomic E-state index is 0.0118. The number of primary amides is 1. The van der Waals surface area contributed by atoms with Crippen molar-refractivity contribution in [1.29, 1.82) is 0 Å². The van der Waals surface area contributed by atoms with Gasteiger partial charge in [-0.3, -0.25) is 9.48 Å². The molecule has 0 aliphatic carbocycles. The third kappa shape index (κ3) is 4.65. The zero-order valence-electron chi connectivity index (χ0n) is 21.5. The van der Waals surface area contributed by atoms with Crippen LogP contribution < -0.4 is 15.5 Å². The van der Waals surface area contributed by atoms with Crippen molar-refractivity contribution in [3.05, 3.63) is 84.6 Å². The molecular formula is C27H27FN10O. The topological polar surface area (TPSA) is 123 Å². The van der Waals surface area contributed by atoms with Gasteiger partial charge in [-0.1, -0.05) is 19.1 Å². The lowest BCUT2D eigenvalue weighted by atomic mass is 9.95. The van der Waals surface area contributed by atoms with Gasteiger partial charge >= 0.3 is 0 Å². The first-order chi connectivity index (χ1) is 18.9. The van der Waals surface area contributed by atoms with E-state index < -0.39 is 11.9 Å². The molecule has 12 heteroatoms. The predicted molar refractivity (Wildman–Crippen MR) is 144 cm³/mol. The molecule has 1 aromatic carbocycles. The van der Waals surface area contributed by atoms with Gasteiger partial charge in [0.25, 0.3) is 0 Å². The smallest absolute Gasteiger partial charge is 0.242 e. The van der Waals surface area contributed by atoms with Gasteiger partial charge in [0.05, 0.1) is 6.20 Å². The van der Waals surface area contributed by atoms with Gasteiger partial charge in [0.2, 0.25) is 11.9 Å². The van der Waals surface area contributed by atoms with Crippen LogP contribution in [0.4, 0.5) is 16.2 Å². The Morgan fingerprint density at radius 1 is 1.00 bits per heavy atom. The lowest BCUT2D eigenvalue weighted by Gasteiger charge is -2.40. The minimum atomic E-state index is -0.651. The van der Waals surface area contributed by atoms with E-state index in [9.17, 15) is 9.18 Å². The van der Waals surface area contributed by atoms with E-state index >= 15 is 0 Å². The molecule has 5 aromatic rings. The SMILES string of the molecule is C[C@H](c1ccc(F)cc1)c1cnc(N2CCN(c3ncnn4cc(-c5cnn(C)c5)cc34)C[C@H]2C(N)=O)nc1. The molecular weight excluding hydrogens is 499 g/mol. The molecule has 0 radical (unpaired) electrons. The quantitative estimate of drug-likeness (QED) is 0.358. The van der Waals surface area contributed by atoms with Gasteiger partial charge in [0.15, 0.2) is 5.82 Å². The Labute approximate surface area is 223 Å². The number of benzene rings is 1. The van der Waals surface area contributed by atoms with E-state index in [1.165, 1.54) is 18.5 Å². The van der Waals surface area contributed by atoms with Crippen molar-refractivity contribution in [2.75, 3.05) is 29.4 Å². The standard InChI is InChI=1S/C27H27FN10O/c1-17(18-3-5-22(28)6-4-18)20-10-30-27(31-11-20)37-8-7-36(15-24(37)25(29)39)26-23-9-19(14-38(23)34-16-32-26)21-12-33-35(2)13-21/h3-6,9-14,16-17,24H,7-8,15H2,1-2H3,(H2,29,39)/t17-,24+/m1/s1. The lowest BCUT2D eigenvalue weighted by Crippen LogP contribution is -2.59. The Morgan fingerprint density at radius 2 is 1.77 bits per heavy atom. The summed E-state index contributed by atoms with van der Waals surface area (Å²) in [6.45, 7) is 3.40. The van der Waals surface area contributed by atoms with Crippen molar-refractivity contribution in [2.45, 2.75) is 18.9 Å². The van der Waals surface area contributed by atoms with Crippen LogP contribution in [-0.2, 0) is 11.8 Å². The average Bonchev–Trinajstić information content (AvgIpc) is 3.59. The van der Waals surface area contributed by atoms with Crippen LogP contribution in [0, 0.1) is 5.82 Å². The fourth-order valence-corrected chi connectivity index (χ4v) is 4.99. The minimum Gasteiger partial charge on any atom is -0.368 e. The molecule has 0 saturated carbocycles. The van der Waals surface area contributed by atoms with Gasteiger partial charge < -0.3 is 15.5 Å². The number of anilines is 2. The summed E-state index contributed by atoms with van der Waals surface area (Å²) < 4.78 is 16.8. The molecule has 4 aromatic heterocycles. The summed E-state index contributed by atoms with van der Waals surface area (Å²) in [5, 5.41) is 8.62. The number of rotatable bonds is 6. The average molecular weight is 527 g/mol. The van der Waals surface area contributed by atoms with Crippen molar-refractivity contribution in [2.24, 2.45) is 12.8 Å². The first kappa shape index (κ1) is 24.5. The molecule has 0 spiro atoms. The molecule has 1 aliphatic heterocycles. The highest BCUT2D eigenvalue weighted by atomic mass is 19.1. The second kappa shape index (κ2) is 9.78. The zero-order valence-corrected chi connectivity index (χ0v) is 21.5. The summed E-state index contributed by atoms with van der Waals surface area (Å²) in [5.41, 5.74) is 10.5. The summed E-state index contributed by atoms with van der Waals surface area (Å²) in [6, 6.07) is 7.76. The van der Waals surface area contributed by atoms with Crippen molar-refractivity contribution < 1.29 is 9.18 Å². The molecule has 198 valence electrons. The Hall–Kier alpha value is -4.87. The van der Waals surface area contributed by atoms with Gasteiger partial charge in [-0.15, -0.1) is 0 Å². The number of carbonyl (C=O) groups excluding carboxylic acids is 1. The summed E-state index contributed by atoms with van der Waals surface area (Å²) in [5.74, 6) is 0.395. The van der Waals surface area contributed by atoms with Crippen LogP contribution in [0.3, 0.4) is 0 Å². The number of piperazine rings is 1. The van der Waals surface area contributed by atoms with Gasteiger partial charge in [-0.2, -0.15) is 10.2 Å². The number of carbonyl (C=O) groups is 1. The molecule has 1 saturated heterocycles. The highest BCUT2D eigenvalue weighted by Gasteiger charge is 2.34. The van der Waals surface area contributed by atoms with Crippen molar-refractivity contribution in [3.63, 3.8) is 0 Å². The number of fused-ring (bicyclic) bond motifs is 1. The number of hydrogen-bond donors (Lipinski definition) is 1. The number of nitrogens with two attached hydrogens (primary N) is 1. The normalized spacial score (nSPS) is 16.5. The predicted octanol–water partition coefficient (Wildman–Crippen LogP) is 2.39. The van der Waals surface area contributed by atoms with Gasteiger partial charge in [-0.05, 0) is 29.3 Å². The fraction of sp³-hybridized carbons (Fsp3) is 0.259. The molecule has 39 heavy (non-hydrogen) atoms. The fourth-order valence-electron chi connectivity index (χ4n) is 4.99. The number of halogens is 1. The van der Waals surface area contributed by atoms with Gasteiger partial charge in [-0.25, -0.2) is 23.9 Å². The maximum Gasteiger partial charge on any atom is 0.242 e. The summed E-state index contributed by atoms with van der Waals surface area (Å²) in [6.07, 6.45) is 10.7. The first-order valence-electron chi connectivity index (χ1n) is 12.6. The van der Waals surface area contributed by atoms with Crippen LogP contribution >= 0.6 is 0 Å². The Morgan fingerprint density at radius 3 is 2.46 bits per heavy atom. The Balaban J connectivity index is 1.23. The van der Waals surface area contributed by atoms with Crippen LogP contribution in [0.2, 0.25) is 0 Å². The zero-order chi connectivity index (χ0) is 27.1.